The first-order valence-corrected chi connectivity index (χ1v) is 6.16. The molecule has 1 aliphatic carbocycles. The van der Waals surface area contributed by atoms with Crippen molar-refractivity contribution < 1.29 is 9.53 Å². The molecule has 94 valence electrons. The van der Waals surface area contributed by atoms with Gasteiger partial charge in [0.1, 0.15) is 9.93 Å². The lowest BCUT2D eigenvalue weighted by atomic mass is 10.1. The van der Waals surface area contributed by atoms with Crippen molar-refractivity contribution in [3.05, 3.63) is 0 Å². The smallest absolute Gasteiger partial charge is 0.407 e. The normalized spacial score (nSPS) is 27.4. The minimum atomic E-state index is -0.622. The van der Waals surface area contributed by atoms with Gasteiger partial charge in [0, 0.05) is 12.0 Å². The van der Waals surface area contributed by atoms with Crippen LogP contribution in [0.3, 0.4) is 0 Å². The molecule has 1 amide bonds. The molecule has 1 saturated carbocycles. The van der Waals surface area contributed by atoms with E-state index in [4.69, 9.17) is 27.9 Å². The number of rotatable bonds is 3. The van der Waals surface area contributed by atoms with Crippen molar-refractivity contribution in [1.29, 1.82) is 0 Å². The maximum absolute atomic E-state index is 11.3. The average Bonchev–Trinajstić information content (AvgIpc) is 2.46. The molecule has 3 nitrogen and oxygen atoms in total. The summed E-state index contributed by atoms with van der Waals surface area (Å²) in [5.41, 5.74) is -0.540. The minimum absolute atomic E-state index is 0.0783. The molecule has 0 bridgehead atoms. The van der Waals surface area contributed by atoms with Crippen LogP contribution in [0.25, 0.3) is 0 Å². The number of amides is 1. The quantitative estimate of drug-likeness (QED) is 0.796. The highest BCUT2D eigenvalue weighted by atomic mass is 35.5. The molecule has 0 aliphatic heterocycles. The van der Waals surface area contributed by atoms with E-state index in [0.29, 0.717) is 6.54 Å². The summed E-state index contributed by atoms with van der Waals surface area (Å²) >= 11 is 12.0. The summed E-state index contributed by atoms with van der Waals surface area (Å²) in [6, 6.07) is 0. The first-order valence-electron chi connectivity index (χ1n) is 5.40. The predicted octanol–water partition coefficient (Wildman–Crippen LogP) is 3.49. The van der Waals surface area contributed by atoms with Gasteiger partial charge in [0.2, 0.25) is 0 Å². The van der Waals surface area contributed by atoms with Gasteiger partial charge >= 0.3 is 6.09 Å². The van der Waals surface area contributed by atoms with Gasteiger partial charge in [-0.25, -0.2) is 4.79 Å². The Bertz CT molecular complexity index is 286. The molecule has 1 fully saturated rings. The van der Waals surface area contributed by atoms with E-state index in [1.165, 1.54) is 0 Å². The number of alkyl halides is 2. The zero-order valence-corrected chi connectivity index (χ0v) is 11.7. The minimum Gasteiger partial charge on any atom is -0.444 e. The number of hydrogen-bond donors (Lipinski definition) is 1. The van der Waals surface area contributed by atoms with Gasteiger partial charge in [-0.15, -0.1) is 23.2 Å². The Morgan fingerprint density at radius 2 is 1.94 bits per heavy atom. The maximum Gasteiger partial charge on any atom is 0.407 e. The van der Waals surface area contributed by atoms with E-state index in [1.807, 2.05) is 27.7 Å². The van der Waals surface area contributed by atoms with Crippen LogP contribution < -0.4 is 5.32 Å². The van der Waals surface area contributed by atoms with Crippen LogP contribution in [-0.4, -0.2) is 22.6 Å². The molecule has 0 spiro atoms. The predicted molar refractivity (Wildman–Crippen MR) is 66.0 cm³/mol. The van der Waals surface area contributed by atoms with E-state index in [9.17, 15) is 4.79 Å². The van der Waals surface area contributed by atoms with Gasteiger partial charge in [-0.3, -0.25) is 0 Å². The molecule has 0 aromatic carbocycles. The van der Waals surface area contributed by atoms with Gasteiger partial charge < -0.3 is 10.1 Å². The lowest BCUT2D eigenvalue weighted by molar-refractivity contribution is 0.0525. The molecule has 1 N–H and O–H groups in total. The Kier molecular flexibility index (Phi) is 3.71. The molecule has 1 unspecified atom stereocenters. The maximum atomic E-state index is 11.3. The fourth-order valence-electron chi connectivity index (χ4n) is 1.47. The third-order valence-electron chi connectivity index (χ3n) is 2.72. The van der Waals surface area contributed by atoms with Crippen LogP contribution in [0, 0.1) is 5.41 Å². The van der Waals surface area contributed by atoms with E-state index in [1.54, 1.807) is 0 Å². The van der Waals surface area contributed by atoms with Crippen LogP contribution in [0.5, 0.6) is 0 Å². The highest BCUT2D eigenvalue weighted by Gasteiger charge is 2.62. The molecule has 0 radical (unpaired) electrons. The van der Waals surface area contributed by atoms with Crippen molar-refractivity contribution >= 4 is 29.3 Å². The van der Waals surface area contributed by atoms with Gasteiger partial charge in [-0.05, 0) is 33.6 Å². The lowest BCUT2D eigenvalue weighted by Crippen LogP contribution is -2.33. The van der Waals surface area contributed by atoms with E-state index >= 15 is 0 Å². The highest BCUT2D eigenvalue weighted by molar-refractivity contribution is 6.51. The summed E-state index contributed by atoms with van der Waals surface area (Å²) in [6.45, 7) is 8.04. The topological polar surface area (TPSA) is 38.3 Å². The summed E-state index contributed by atoms with van der Waals surface area (Å²) in [5, 5.41) is 2.70. The largest absolute Gasteiger partial charge is 0.444 e. The second-order valence-electron chi connectivity index (χ2n) is 5.62. The average molecular weight is 268 g/mol. The summed E-state index contributed by atoms with van der Waals surface area (Å²) in [6.07, 6.45) is 1.14. The second-order valence-corrected chi connectivity index (χ2v) is 7.10. The number of hydrogen-bond acceptors (Lipinski definition) is 2. The number of nitrogens with one attached hydrogen (secondary N) is 1. The monoisotopic (exact) mass is 267 g/mol. The van der Waals surface area contributed by atoms with Crippen LogP contribution in [0.4, 0.5) is 4.79 Å². The van der Waals surface area contributed by atoms with Crippen LogP contribution in [0.2, 0.25) is 0 Å². The molecule has 5 heteroatoms. The first-order chi connectivity index (χ1) is 7.06. The molecule has 1 atom stereocenters. The fraction of sp³-hybridized carbons (Fsp3) is 0.909. The summed E-state index contributed by atoms with van der Waals surface area (Å²) in [4.78, 5) is 11.3. The van der Waals surface area contributed by atoms with Crippen molar-refractivity contribution in [2.45, 2.75) is 50.5 Å². The molecule has 1 aliphatic rings. The Hall–Kier alpha value is -0.150. The fourth-order valence-corrected chi connectivity index (χ4v) is 2.25. The zero-order valence-electron chi connectivity index (χ0n) is 10.2. The van der Waals surface area contributed by atoms with Crippen LogP contribution in [-0.2, 0) is 4.74 Å². The molecular weight excluding hydrogens is 249 g/mol. The van der Waals surface area contributed by atoms with Crippen LogP contribution >= 0.6 is 23.2 Å². The van der Waals surface area contributed by atoms with Gasteiger partial charge in [0.05, 0.1) is 0 Å². The summed E-state index contributed by atoms with van der Waals surface area (Å²) in [5.74, 6) is 0. The summed E-state index contributed by atoms with van der Waals surface area (Å²) in [7, 11) is 0. The molecule has 0 aromatic heterocycles. The molecule has 1 rings (SSSR count). The second kappa shape index (κ2) is 4.26. The molecule has 0 aromatic rings. The zero-order chi connectivity index (χ0) is 12.6. The third-order valence-corrected chi connectivity index (χ3v) is 3.89. The highest BCUT2D eigenvalue weighted by Crippen LogP contribution is 2.65. The van der Waals surface area contributed by atoms with E-state index in [2.05, 4.69) is 5.32 Å². The molecule has 0 heterocycles. The molecule has 0 saturated heterocycles. The number of carbonyl (C=O) groups excluding carboxylic acids is 1. The van der Waals surface area contributed by atoms with Crippen molar-refractivity contribution in [3.8, 4) is 0 Å². The molecular formula is C11H19Cl2NO2. The van der Waals surface area contributed by atoms with Crippen LogP contribution in [0.15, 0.2) is 0 Å². The van der Waals surface area contributed by atoms with Crippen LogP contribution in [0.1, 0.15) is 40.5 Å². The Morgan fingerprint density at radius 3 is 2.31 bits per heavy atom. The van der Waals surface area contributed by atoms with E-state index in [-0.39, 0.29) is 5.41 Å². The standard InChI is InChI=1S/C11H19Cl2NO2/c1-9(2,3)16-8(15)14-6-5-10(4)7-11(10,12)13/h5-7H2,1-4H3,(H,14,15). The van der Waals surface area contributed by atoms with Crippen molar-refractivity contribution in [2.75, 3.05) is 6.54 Å². The number of alkyl carbamates (subject to hydrolysis) is 1. The van der Waals surface area contributed by atoms with Gasteiger partial charge in [0.25, 0.3) is 0 Å². The molecule has 16 heavy (non-hydrogen) atoms. The van der Waals surface area contributed by atoms with E-state index in [0.717, 1.165) is 12.8 Å². The SMILES string of the molecule is CC(C)(C)OC(=O)NCCC1(C)CC1(Cl)Cl. The Labute approximate surface area is 107 Å². The van der Waals surface area contributed by atoms with Gasteiger partial charge in [-0.2, -0.15) is 0 Å². The number of halogens is 2. The lowest BCUT2D eigenvalue weighted by Gasteiger charge is -2.20. The first kappa shape index (κ1) is 13.9. The summed E-state index contributed by atoms with van der Waals surface area (Å²) < 4.78 is 4.49. The van der Waals surface area contributed by atoms with Gasteiger partial charge in [-0.1, -0.05) is 6.92 Å². The Morgan fingerprint density at radius 1 is 1.44 bits per heavy atom. The number of ether oxygens (including phenoxy) is 1. The number of carbonyl (C=O) groups is 1. The van der Waals surface area contributed by atoms with Crippen molar-refractivity contribution in [2.24, 2.45) is 5.41 Å². The van der Waals surface area contributed by atoms with Crippen molar-refractivity contribution in [1.82, 2.24) is 5.32 Å². The van der Waals surface area contributed by atoms with Gasteiger partial charge in [0.15, 0.2) is 0 Å². The van der Waals surface area contributed by atoms with E-state index < -0.39 is 16.0 Å². The third kappa shape index (κ3) is 3.70. The Balaban J connectivity index is 2.20. The van der Waals surface area contributed by atoms with Crippen molar-refractivity contribution in [3.63, 3.8) is 0 Å².